The lowest BCUT2D eigenvalue weighted by Gasteiger charge is -2.21. The second-order valence-electron chi connectivity index (χ2n) is 4.88. The average molecular weight is 320 g/mol. The third kappa shape index (κ3) is 2.93. The number of carbonyl (C=O) groups excluding carboxylic acids is 2. The summed E-state index contributed by atoms with van der Waals surface area (Å²) in [7, 11) is 1.31. The van der Waals surface area contributed by atoms with Gasteiger partial charge in [0, 0.05) is 29.9 Å². The Labute approximate surface area is 131 Å². The first-order valence-corrected chi connectivity index (χ1v) is 7.93. The van der Waals surface area contributed by atoms with Crippen molar-refractivity contribution in [2.45, 2.75) is 5.25 Å². The molecule has 3 rings (SSSR count). The molecule has 116 valence electrons. The van der Waals surface area contributed by atoms with Crippen LogP contribution in [0.15, 0.2) is 18.2 Å². The van der Waals surface area contributed by atoms with E-state index in [1.807, 2.05) is 0 Å². The van der Waals surface area contributed by atoms with E-state index in [0.717, 1.165) is 12.3 Å². The summed E-state index contributed by atoms with van der Waals surface area (Å²) in [6.07, 6.45) is 0. The predicted molar refractivity (Wildman–Crippen MR) is 85.2 cm³/mol. The molecular formula is C14H16N4O3S. The smallest absolute Gasteiger partial charge is 0.359 e. The number of ether oxygens (including phenoxy) is 1. The van der Waals surface area contributed by atoms with Crippen LogP contribution in [-0.4, -0.2) is 53.3 Å². The Hall–Kier alpha value is -2.06. The number of aromatic nitrogens is 2. The number of H-pyrrole nitrogens is 1. The number of esters is 1. The molecule has 1 atom stereocenters. The van der Waals surface area contributed by atoms with Crippen molar-refractivity contribution < 1.29 is 14.3 Å². The van der Waals surface area contributed by atoms with Crippen molar-refractivity contribution in [1.82, 2.24) is 15.5 Å². The fourth-order valence-electron chi connectivity index (χ4n) is 2.30. The zero-order valence-corrected chi connectivity index (χ0v) is 12.8. The van der Waals surface area contributed by atoms with Crippen LogP contribution in [0.3, 0.4) is 0 Å². The van der Waals surface area contributed by atoms with Gasteiger partial charge in [0.2, 0.25) is 5.91 Å². The minimum atomic E-state index is -0.512. The van der Waals surface area contributed by atoms with Crippen molar-refractivity contribution in [2.75, 3.05) is 31.3 Å². The molecule has 1 aromatic heterocycles. The average Bonchev–Trinajstić information content (AvgIpc) is 2.98. The number of amides is 1. The molecule has 1 aliphatic heterocycles. The summed E-state index contributed by atoms with van der Waals surface area (Å²) in [5, 5.41) is 13.3. The number of rotatable bonds is 3. The molecule has 0 saturated carbocycles. The molecule has 0 spiro atoms. The summed E-state index contributed by atoms with van der Waals surface area (Å²) in [6, 6.07) is 5.28. The lowest BCUT2D eigenvalue weighted by Crippen LogP contribution is -2.40. The molecule has 1 aromatic carbocycles. The van der Waals surface area contributed by atoms with Crippen molar-refractivity contribution in [3.05, 3.63) is 23.9 Å². The zero-order valence-electron chi connectivity index (χ0n) is 12.0. The van der Waals surface area contributed by atoms with Crippen LogP contribution in [-0.2, 0) is 9.53 Å². The molecule has 3 N–H and O–H groups in total. The lowest BCUT2D eigenvalue weighted by molar-refractivity contribution is -0.115. The number of carbonyl (C=O) groups is 2. The third-order valence-electron chi connectivity index (χ3n) is 3.43. The van der Waals surface area contributed by atoms with Gasteiger partial charge in [0.15, 0.2) is 5.69 Å². The predicted octanol–water partition coefficient (Wildman–Crippen LogP) is 0.993. The third-order valence-corrected chi connectivity index (χ3v) is 4.65. The summed E-state index contributed by atoms with van der Waals surface area (Å²) in [4.78, 5) is 23.9. The topological polar surface area (TPSA) is 96.1 Å². The number of nitrogens with zero attached hydrogens (tertiary/aromatic N) is 1. The van der Waals surface area contributed by atoms with Gasteiger partial charge >= 0.3 is 5.97 Å². The van der Waals surface area contributed by atoms with E-state index < -0.39 is 5.97 Å². The highest BCUT2D eigenvalue weighted by atomic mass is 32.2. The molecular weight excluding hydrogens is 304 g/mol. The molecule has 2 aromatic rings. The van der Waals surface area contributed by atoms with Gasteiger partial charge in [-0.15, -0.1) is 11.8 Å². The van der Waals surface area contributed by atoms with Crippen molar-refractivity contribution >= 4 is 40.2 Å². The summed E-state index contributed by atoms with van der Waals surface area (Å²) < 4.78 is 4.70. The van der Waals surface area contributed by atoms with Crippen molar-refractivity contribution in [3.63, 3.8) is 0 Å². The quantitative estimate of drug-likeness (QED) is 0.730. The van der Waals surface area contributed by atoms with Gasteiger partial charge in [-0.05, 0) is 18.2 Å². The maximum absolute atomic E-state index is 12.2. The van der Waals surface area contributed by atoms with Crippen LogP contribution in [0.5, 0.6) is 0 Å². The van der Waals surface area contributed by atoms with Gasteiger partial charge in [0.05, 0.1) is 17.9 Å². The summed E-state index contributed by atoms with van der Waals surface area (Å²) >= 11 is 1.64. The van der Waals surface area contributed by atoms with Crippen LogP contribution in [0.4, 0.5) is 5.69 Å². The van der Waals surface area contributed by atoms with E-state index in [4.69, 9.17) is 4.74 Å². The van der Waals surface area contributed by atoms with Gasteiger partial charge in [-0.1, -0.05) is 0 Å². The van der Waals surface area contributed by atoms with E-state index in [1.54, 1.807) is 30.0 Å². The Morgan fingerprint density at radius 3 is 3.05 bits per heavy atom. The number of hydrogen-bond donors (Lipinski definition) is 3. The normalized spacial score (nSPS) is 18.1. The number of nitrogens with one attached hydrogen (secondary N) is 3. The number of thioether (sulfide) groups is 1. The highest BCUT2D eigenvalue weighted by molar-refractivity contribution is 8.00. The van der Waals surface area contributed by atoms with E-state index in [2.05, 4.69) is 20.8 Å². The minimum absolute atomic E-state index is 0.0420. The fourth-order valence-corrected chi connectivity index (χ4v) is 3.29. The van der Waals surface area contributed by atoms with Crippen molar-refractivity contribution in [2.24, 2.45) is 0 Å². The highest BCUT2D eigenvalue weighted by Crippen LogP contribution is 2.22. The van der Waals surface area contributed by atoms with E-state index in [-0.39, 0.29) is 16.9 Å². The van der Waals surface area contributed by atoms with Crippen LogP contribution < -0.4 is 10.6 Å². The molecule has 7 nitrogen and oxygen atoms in total. The Morgan fingerprint density at radius 2 is 2.32 bits per heavy atom. The molecule has 8 heteroatoms. The van der Waals surface area contributed by atoms with Crippen LogP contribution in [0, 0.1) is 0 Å². The summed E-state index contributed by atoms with van der Waals surface area (Å²) in [5.74, 6) is 0.368. The lowest BCUT2D eigenvalue weighted by atomic mass is 10.2. The Balaban J connectivity index is 1.81. The second kappa shape index (κ2) is 6.37. The number of anilines is 1. The highest BCUT2D eigenvalue weighted by Gasteiger charge is 2.22. The number of hydrogen-bond acceptors (Lipinski definition) is 6. The van der Waals surface area contributed by atoms with E-state index >= 15 is 0 Å². The molecule has 2 heterocycles. The molecule has 1 fully saturated rings. The van der Waals surface area contributed by atoms with Crippen molar-refractivity contribution in [1.29, 1.82) is 0 Å². The zero-order chi connectivity index (χ0) is 15.5. The Bertz CT molecular complexity index is 709. The Morgan fingerprint density at radius 1 is 1.45 bits per heavy atom. The molecule has 0 bridgehead atoms. The van der Waals surface area contributed by atoms with Crippen LogP contribution >= 0.6 is 11.8 Å². The SMILES string of the molecule is COC(=O)c1n[nH]c2ccc(NC(=O)C3CNCCS3)cc12. The molecule has 1 unspecified atom stereocenters. The van der Waals surface area contributed by atoms with Crippen LogP contribution in [0.1, 0.15) is 10.5 Å². The standard InChI is InChI=1S/C14H16N4O3S/c1-21-14(20)12-9-6-8(2-3-10(9)17-18-12)16-13(19)11-7-15-4-5-22-11/h2-3,6,11,15H,4-5,7H2,1H3,(H,16,19)(H,17,18). The molecule has 1 saturated heterocycles. The van der Waals surface area contributed by atoms with Gasteiger partial charge < -0.3 is 15.4 Å². The van der Waals surface area contributed by atoms with Gasteiger partial charge in [-0.25, -0.2) is 4.79 Å². The van der Waals surface area contributed by atoms with Gasteiger partial charge in [0.1, 0.15) is 0 Å². The second-order valence-corrected chi connectivity index (χ2v) is 6.19. The number of aromatic amines is 1. The van der Waals surface area contributed by atoms with Crippen molar-refractivity contribution in [3.8, 4) is 0 Å². The van der Waals surface area contributed by atoms with E-state index in [1.165, 1.54) is 7.11 Å². The first-order valence-electron chi connectivity index (χ1n) is 6.88. The monoisotopic (exact) mass is 320 g/mol. The van der Waals surface area contributed by atoms with Gasteiger partial charge in [-0.2, -0.15) is 5.10 Å². The fraction of sp³-hybridized carbons (Fsp3) is 0.357. The molecule has 1 amide bonds. The minimum Gasteiger partial charge on any atom is -0.464 e. The molecule has 0 radical (unpaired) electrons. The molecule has 1 aliphatic rings. The molecule has 22 heavy (non-hydrogen) atoms. The largest absolute Gasteiger partial charge is 0.464 e. The van der Waals surface area contributed by atoms with Gasteiger partial charge in [0.25, 0.3) is 0 Å². The van der Waals surface area contributed by atoms with Crippen LogP contribution in [0.2, 0.25) is 0 Å². The molecule has 0 aliphatic carbocycles. The van der Waals surface area contributed by atoms with E-state index in [0.29, 0.717) is 23.1 Å². The van der Waals surface area contributed by atoms with Gasteiger partial charge in [-0.3, -0.25) is 9.89 Å². The summed E-state index contributed by atoms with van der Waals surface area (Å²) in [6.45, 7) is 1.59. The van der Waals surface area contributed by atoms with E-state index in [9.17, 15) is 9.59 Å². The first kappa shape index (κ1) is 14.9. The number of methoxy groups -OCH3 is 1. The maximum atomic E-state index is 12.2. The number of benzene rings is 1. The Kier molecular flexibility index (Phi) is 4.30. The number of fused-ring (bicyclic) bond motifs is 1. The maximum Gasteiger partial charge on any atom is 0.359 e. The first-order chi connectivity index (χ1) is 10.7. The van der Waals surface area contributed by atoms with Crippen LogP contribution in [0.25, 0.3) is 10.9 Å². The summed E-state index contributed by atoms with van der Waals surface area (Å²) in [5.41, 5.74) is 1.56.